The summed E-state index contributed by atoms with van der Waals surface area (Å²) in [4.78, 5) is 25.2. The predicted molar refractivity (Wildman–Crippen MR) is 71.5 cm³/mol. The van der Waals surface area contributed by atoms with Crippen LogP contribution >= 0.6 is 0 Å². The molecule has 0 aromatic carbocycles. The quantitative estimate of drug-likeness (QED) is 0.571. The lowest BCUT2D eigenvalue weighted by atomic mass is 10.2. The second-order valence-corrected chi connectivity index (χ2v) is 5.63. The van der Waals surface area contributed by atoms with Gasteiger partial charge in [-0.3, -0.25) is 4.90 Å². The molecule has 5 nitrogen and oxygen atoms in total. The molecule has 1 unspecified atom stereocenters. The first-order valence-electron chi connectivity index (χ1n) is 6.64. The van der Waals surface area contributed by atoms with Crippen molar-refractivity contribution in [2.45, 2.75) is 59.1 Å². The summed E-state index contributed by atoms with van der Waals surface area (Å²) in [5, 5.41) is 0. The number of nitrogens with zero attached hydrogens (tertiary/aromatic N) is 1. The molecule has 0 N–H and O–H groups in total. The van der Waals surface area contributed by atoms with Crippen LogP contribution in [0.2, 0.25) is 0 Å². The number of likely N-dealkylation sites (tertiary alicyclic amines) is 1. The van der Waals surface area contributed by atoms with Crippen molar-refractivity contribution in [2.75, 3.05) is 6.61 Å². The summed E-state index contributed by atoms with van der Waals surface area (Å²) in [6.07, 6.45) is 2.48. The van der Waals surface area contributed by atoms with E-state index in [9.17, 15) is 9.59 Å². The highest BCUT2D eigenvalue weighted by molar-refractivity contribution is 5.84. The van der Waals surface area contributed by atoms with Gasteiger partial charge >= 0.3 is 12.1 Å². The molecule has 0 radical (unpaired) electrons. The molecule has 1 saturated heterocycles. The normalized spacial score (nSPS) is 21.6. The van der Waals surface area contributed by atoms with Crippen molar-refractivity contribution in [3.05, 3.63) is 11.8 Å². The third kappa shape index (κ3) is 4.58. The van der Waals surface area contributed by atoms with Crippen molar-refractivity contribution >= 4 is 12.1 Å². The Morgan fingerprint density at radius 2 is 2.05 bits per heavy atom. The highest BCUT2D eigenvalue weighted by Crippen LogP contribution is 2.29. The molecule has 1 amide bonds. The predicted octanol–water partition coefficient (Wildman–Crippen LogP) is 2.85. The van der Waals surface area contributed by atoms with E-state index in [2.05, 4.69) is 0 Å². The van der Waals surface area contributed by atoms with Crippen molar-refractivity contribution in [3.63, 3.8) is 0 Å². The van der Waals surface area contributed by atoms with Crippen LogP contribution in [0.1, 0.15) is 47.5 Å². The highest BCUT2D eigenvalue weighted by atomic mass is 16.6. The van der Waals surface area contributed by atoms with E-state index in [1.807, 2.05) is 27.7 Å². The first-order valence-corrected chi connectivity index (χ1v) is 6.64. The van der Waals surface area contributed by atoms with Gasteiger partial charge in [-0.05, 0) is 47.5 Å². The van der Waals surface area contributed by atoms with Crippen LogP contribution in [-0.2, 0) is 14.3 Å². The SMILES string of the molecule is CCOC(=O)/C=C1\CCC(C)N1C(=O)OC(C)(C)C. The Bertz CT molecular complexity index is 381. The summed E-state index contributed by atoms with van der Waals surface area (Å²) in [6, 6.07) is 0.0375. The van der Waals surface area contributed by atoms with E-state index in [4.69, 9.17) is 9.47 Å². The summed E-state index contributed by atoms with van der Waals surface area (Å²) in [7, 11) is 0. The monoisotopic (exact) mass is 269 g/mol. The maximum absolute atomic E-state index is 12.1. The van der Waals surface area contributed by atoms with Crippen LogP contribution in [0.25, 0.3) is 0 Å². The zero-order valence-corrected chi connectivity index (χ0v) is 12.4. The van der Waals surface area contributed by atoms with Gasteiger partial charge in [0.2, 0.25) is 0 Å². The first-order chi connectivity index (χ1) is 8.74. The Balaban J connectivity index is 2.83. The van der Waals surface area contributed by atoms with Crippen LogP contribution in [0.15, 0.2) is 11.8 Å². The number of carbonyl (C=O) groups excluding carboxylic acids is 2. The molecule has 108 valence electrons. The van der Waals surface area contributed by atoms with Gasteiger partial charge in [0.1, 0.15) is 5.60 Å². The molecule has 19 heavy (non-hydrogen) atoms. The molecule has 1 aliphatic heterocycles. The average molecular weight is 269 g/mol. The third-order valence-electron chi connectivity index (χ3n) is 2.73. The molecule has 0 bridgehead atoms. The van der Waals surface area contributed by atoms with Crippen molar-refractivity contribution in [1.29, 1.82) is 0 Å². The smallest absolute Gasteiger partial charge is 0.414 e. The maximum atomic E-state index is 12.1. The fourth-order valence-electron chi connectivity index (χ4n) is 1.96. The van der Waals surface area contributed by atoms with Gasteiger partial charge < -0.3 is 9.47 Å². The molecule has 1 aliphatic rings. The van der Waals surface area contributed by atoms with Crippen molar-refractivity contribution in [1.82, 2.24) is 4.90 Å². The van der Waals surface area contributed by atoms with Crippen LogP contribution in [0.3, 0.4) is 0 Å². The van der Waals surface area contributed by atoms with Crippen LogP contribution < -0.4 is 0 Å². The summed E-state index contributed by atoms with van der Waals surface area (Å²) in [5.74, 6) is -0.417. The van der Waals surface area contributed by atoms with E-state index in [0.29, 0.717) is 18.7 Å². The van der Waals surface area contributed by atoms with Crippen LogP contribution in [0, 0.1) is 0 Å². The van der Waals surface area contributed by atoms with Gasteiger partial charge in [0.25, 0.3) is 0 Å². The third-order valence-corrected chi connectivity index (χ3v) is 2.73. The number of rotatable bonds is 2. The first kappa shape index (κ1) is 15.5. The molecular formula is C14H23NO4. The molecule has 0 aliphatic carbocycles. The number of hydrogen-bond donors (Lipinski definition) is 0. The van der Waals surface area contributed by atoms with Gasteiger partial charge in [-0.2, -0.15) is 0 Å². The number of carbonyl (C=O) groups is 2. The Morgan fingerprint density at radius 1 is 1.42 bits per heavy atom. The Labute approximate surface area is 114 Å². The van der Waals surface area contributed by atoms with E-state index in [-0.39, 0.29) is 6.04 Å². The molecule has 1 heterocycles. The fraction of sp³-hybridized carbons (Fsp3) is 0.714. The summed E-state index contributed by atoms with van der Waals surface area (Å²) < 4.78 is 10.2. The summed E-state index contributed by atoms with van der Waals surface area (Å²) in [5.41, 5.74) is 0.120. The van der Waals surface area contributed by atoms with Crippen LogP contribution in [-0.4, -0.2) is 35.2 Å². The lowest BCUT2D eigenvalue weighted by Crippen LogP contribution is -2.38. The lowest BCUT2D eigenvalue weighted by molar-refractivity contribution is -0.137. The van der Waals surface area contributed by atoms with Crippen molar-refractivity contribution in [3.8, 4) is 0 Å². The minimum Gasteiger partial charge on any atom is -0.463 e. The van der Waals surface area contributed by atoms with E-state index in [1.165, 1.54) is 6.08 Å². The lowest BCUT2D eigenvalue weighted by Gasteiger charge is -2.27. The molecule has 0 saturated carbocycles. The van der Waals surface area contributed by atoms with Gasteiger partial charge in [0.15, 0.2) is 0 Å². The molecule has 1 atom stereocenters. The van der Waals surface area contributed by atoms with Crippen molar-refractivity contribution < 1.29 is 19.1 Å². The van der Waals surface area contributed by atoms with E-state index >= 15 is 0 Å². The molecule has 0 spiro atoms. The molecule has 1 fully saturated rings. The summed E-state index contributed by atoms with van der Waals surface area (Å²) >= 11 is 0. The number of hydrogen-bond acceptors (Lipinski definition) is 4. The number of ether oxygens (including phenoxy) is 2. The standard InChI is InChI=1S/C14H23NO4/c1-6-18-12(16)9-11-8-7-10(2)15(11)13(17)19-14(3,4)5/h9-10H,6-8H2,1-5H3/b11-9+. The van der Waals surface area contributed by atoms with Crippen molar-refractivity contribution in [2.24, 2.45) is 0 Å². The van der Waals surface area contributed by atoms with Gasteiger partial charge in [-0.25, -0.2) is 9.59 Å². The number of amides is 1. The summed E-state index contributed by atoms with van der Waals surface area (Å²) in [6.45, 7) is 9.47. The Kier molecular flexibility index (Phi) is 4.97. The maximum Gasteiger partial charge on any atom is 0.414 e. The molecule has 0 aromatic rings. The average Bonchev–Trinajstić information content (AvgIpc) is 2.57. The second-order valence-electron chi connectivity index (χ2n) is 5.63. The zero-order valence-electron chi connectivity index (χ0n) is 12.4. The number of allylic oxidation sites excluding steroid dienone is 1. The minimum absolute atomic E-state index is 0.0375. The van der Waals surface area contributed by atoms with Crippen LogP contribution in [0.5, 0.6) is 0 Å². The second kappa shape index (κ2) is 6.08. The van der Waals surface area contributed by atoms with Gasteiger partial charge in [-0.1, -0.05) is 0 Å². The fourth-order valence-corrected chi connectivity index (χ4v) is 1.96. The van der Waals surface area contributed by atoms with E-state index in [0.717, 1.165) is 6.42 Å². The highest BCUT2D eigenvalue weighted by Gasteiger charge is 2.33. The number of esters is 1. The van der Waals surface area contributed by atoms with Gasteiger partial charge in [0, 0.05) is 17.8 Å². The molecule has 1 rings (SSSR count). The molecule has 5 heteroatoms. The Hall–Kier alpha value is -1.52. The minimum atomic E-state index is -0.547. The van der Waals surface area contributed by atoms with Gasteiger partial charge in [0.05, 0.1) is 6.61 Å². The van der Waals surface area contributed by atoms with E-state index in [1.54, 1.807) is 11.8 Å². The molecule has 0 aromatic heterocycles. The largest absolute Gasteiger partial charge is 0.463 e. The van der Waals surface area contributed by atoms with Gasteiger partial charge in [-0.15, -0.1) is 0 Å². The molecular weight excluding hydrogens is 246 g/mol. The zero-order chi connectivity index (χ0) is 14.6. The van der Waals surface area contributed by atoms with E-state index < -0.39 is 17.7 Å². The topological polar surface area (TPSA) is 55.8 Å². The Morgan fingerprint density at radius 3 is 2.58 bits per heavy atom. The van der Waals surface area contributed by atoms with Crippen LogP contribution in [0.4, 0.5) is 4.79 Å².